The van der Waals surface area contributed by atoms with Crippen LogP contribution in [-0.4, -0.2) is 56.1 Å². The molecule has 0 N–H and O–H groups in total. The maximum Gasteiger partial charge on any atom is 0.214 e. The van der Waals surface area contributed by atoms with Crippen molar-refractivity contribution in [3.8, 4) is 0 Å². The van der Waals surface area contributed by atoms with Gasteiger partial charge in [0, 0.05) is 13.1 Å². The van der Waals surface area contributed by atoms with Crippen molar-refractivity contribution in [2.45, 2.75) is 45.6 Å². The summed E-state index contributed by atoms with van der Waals surface area (Å²) in [5.41, 5.74) is 0. The first-order chi connectivity index (χ1) is 8.01. The zero-order valence-corrected chi connectivity index (χ0v) is 12.2. The number of sulfonamides is 1. The van der Waals surface area contributed by atoms with E-state index in [2.05, 4.69) is 11.8 Å². The van der Waals surface area contributed by atoms with Crippen LogP contribution in [0.1, 0.15) is 39.5 Å². The van der Waals surface area contributed by atoms with Crippen molar-refractivity contribution in [1.82, 2.24) is 9.21 Å². The third kappa shape index (κ3) is 4.23. The van der Waals surface area contributed by atoms with Crippen LogP contribution in [0.3, 0.4) is 0 Å². The van der Waals surface area contributed by atoms with Crippen LogP contribution in [0.2, 0.25) is 0 Å². The van der Waals surface area contributed by atoms with Crippen LogP contribution < -0.4 is 0 Å². The Kier molecular flexibility index (Phi) is 5.89. The summed E-state index contributed by atoms with van der Waals surface area (Å²) >= 11 is 0. The topological polar surface area (TPSA) is 40.6 Å². The first-order valence-electron chi connectivity index (χ1n) is 6.69. The van der Waals surface area contributed by atoms with E-state index in [-0.39, 0.29) is 11.8 Å². The molecule has 1 heterocycles. The van der Waals surface area contributed by atoms with Crippen molar-refractivity contribution in [1.29, 1.82) is 0 Å². The first-order valence-corrected chi connectivity index (χ1v) is 8.30. The molecule has 1 aliphatic heterocycles. The van der Waals surface area contributed by atoms with Gasteiger partial charge in [-0.3, -0.25) is 0 Å². The quantitative estimate of drug-likeness (QED) is 0.729. The number of nitrogens with zero attached hydrogens (tertiary/aromatic N) is 2. The van der Waals surface area contributed by atoms with Gasteiger partial charge < -0.3 is 4.90 Å². The highest BCUT2D eigenvalue weighted by Crippen LogP contribution is 2.18. The smallest absolute Gasteiger partial charge is 0.214 e. The fraction of sp³-hybridized carbons (Fsp3) is 1.00. The van der Waals surface area contributed by atoms with Crippen LogP contribution >= 0.6 is 0 Å². The zero-order valence-electron chi connectivity index (χ0n) is 11.4. The third-order valence-corrected chi connectivity index (χ3v) is 5.61. The predicted molar refractivity (Wildman–Crippen MR) is 71.6 cm³/mol. The summed E-state index contributed by atoms with van der Waals surface area (Å²) in [5, 5.41) is 0. The summed E-state index contributed by atoms with van der Waals surface area (Å²) in [4.78, 5) is 2.43. The van der Waals surface area contributed by atoms with Crippen LogP contribution in [-0.2, 0) is 10.0 Å². The SMILES string of the molecule is CCCN1CCC(N(C)S(=O)(=O)CCC)CC1. The van der Waals surface area contributed by atoms with Crippen molar-refractivity contribution in [3.63, 3.8) is 0 Å². The van der Waals surface area contributed by atoms with Crippen molar-refractivity contribution in [3.05, 3.63) is 0 Å². The van der Waals surface area contributed by atoms with E-state index in [4.69, 9.17) is 0 Å². The average Bonchev–Trinajstić information content (AvgIpc) is 2.29. The lowest BCUT2D eigenvalue weighted by atomic mass is 10.1. The lowest BCUT2D eigenvalue weighted by Crippen LogP contribution is -2.46. The van der Waals surface area contributed by atoms with Gasteiger partial charge >= 0.3 is 0 Å². The van der Waals surface area contributed by atoms with Gasteiger partial charge in [-0.25, -0.2) is 12.7 Å². The molecule has 1 rings (SSSR count). The molecule has 4 nitrogen and oxygen atoms in total. The van der Waals surface area contributed by atoms with Crippen LogP contribution in [0, 0.1) is 0 Å². The average molecular weight is 262 g/mol. The fourth-order valence-corrected chi connectivity index (χ4v) is 3.92. The number of hydrogen-bond acceptors (Lipinski definition) is 3. The molecule has 0 unspecified atom stereocenters. The van der Waals surface area contributed by atoms with Gasteiger partial charge in [-0.2, -0.15) is 0 Å². The van der Waals surface area contributed by atoms with Gasteiger partial charge in [-0.15, -0.1) is 0 Å². The minimum atomic E-state index is -3.02. The summed E-state index contributed by atoms with van der Waals surface area (Å²) in [6.45, 7) is 7.30. The summed E-state index contributed by atoms with van der Waals surface area (Å²) in [6, 6.07) is 0.208. The maximum atomic E-state index is 11.9. The van der Waals surface area contributed by atoms with E-state index in [9.17, 15) is 8.42 Å². The van der Waals surface area contributed by atoms with E-state index in [1.165, 1.54) is 6.42 Å². The summed E-state index contributed by atoms with van der Waals surface area (Å²) in [6.07, 6.45) is 3.81. The Morgan fingerprint density at radius 2 is 1.76 bits per heavy atom. The van der Waals surface area contributed by atoms with Gasteiger partial charge in [0.1, 0.15) is 0 Å². The number of hydrogen-bond donors (Lipinski definition) is 0. The van der Waals surface area contributed by atoms with Crippen LogP contribution in [0.5, 0.6) is 0 Å². The van der Waals surface area contributed by atoms with Gasteiger partial charge in [-0.1, -0.05) is 13.8 Å². The highest BCUT2D eigenvalue weighted by atomic mass is 32.2. The molecule has 0 aromatic carbocycles. The van der Waals surface area contributed by atoms with Crippen LogP contribution in [0.25, 0.3) is 0 Å². The lowest BCUT2D eigenvalue weighted by Gasteiger charge is -2.36. The fourth-order valence-electron chi connectivity index (χ4n) is 2.45. The zero-order chi connectivity index (χ0) is 12.9. The van der Waals surface area contributed by atoms with Gasteiger partial charge in [-0.05, 0) is 45.3 Å². The van der Waals surface area contributed by atoms with Gasteiger partial charge in [0.05, 0.1) is 5.75 Å². The molecule has 17 heavy (non-hydrogen) atoms. The molecular weight excluding hydrogens is 236 g/mol. The van der Waals surface area contributed by atoms with Crippen molar-refractivity contribution < 1.29 is 8.42 Å². The molecule has 1 fully saturated rings. The molecule has 0 bridgehead atoms. The number of likely N-dealkylation sites (tertiary alicyclic amines) is 1. The summed E-state index contributed by atoms with van der Waals surface area (Å²) in [7, 11) is -1.28. The monoisotopic (exact) mass is 262 g/mol. The normalized spacial score (nSPS) is 20.0. The van der Waals surface area contributed by atoms with Crippen molar-refractivity contribution in [2.75, 3.05) is 32.4 Å². The molecule has 0 spiro atoms. The van der Waals surface area contributed by atoms with Crippen LogP contribution in [0.15, 0.2) is 0 Å². The summed E-state index contributed by atoms with van der Waals surface area (Å²) in [5.74, 6) is 0.276. The molecule has 102 valence electrons. The predicted octanol–water partition coefficient (Wildman–Crippen LogP) is 1.53. The minimum Gasteiger partial charge on any atom is -0.303 e. The number of piperidine rings is 1. The highest BCUT2D eigenvalue weighted by molar-refractivity contribution is 7.89. The van der Waals surface area contributed by atoms with Crippen molar-refractivity contribution >= 4 is 10.0 Å². The highest BCUT2D eigenvalue weighted by Gasteiger charge is 2.28. The minimum absolute atomic E-state index is 0.208. The Morgan fingerprint density at radius 3 is 2.24 bits per heavy atom. The van der Waals surface area contributed by atoms with Gasteiger partial charge in [0.15, 0.2) is 0 Å². The van der Waals surface area contributed by atoms with E-state index < -0.39 is 10.0 Å². The van der Waals surface area contributed by atoms with E-state index in [1.807, 2.05) is 6.92 Å². The lowest BCUT2D eigenvalue weighted by molar-refractivity contribution is 0.170. The van der Waals surface area contributed by atoms with Crippen molar-refractivity contribution in [2.24, 2.45) is 0 Å². The second-order valence-electron chi connectivity index (χ2n) is 4.91. The largest absolute Gasteiger partial charge is 0.303 e. The van der Waals surface area contributed by atoms with Gasteiger partial charge in [0.2, 0.25) is 10.0 Å². The maximum absolute atomic E-state index is 11.9. The molecule has 0 radical (unpaired) electrons. The van der Waals surface area contributed by atoms with Crippen LogP contribution in [0.4, 0.5) is 0 Å². The Labute approximate surface area is 106 Å². The molecule has 0 saturated carbocycles. The number of rotatable bonds is 6. The molecule has 1 saturated heterocycles. The van der Waals surface area contributed by atoms with E-state index in [0.29, 0.717) is 6.42 Å². The molecule has 0 aromatic heterocycles. The van der Waals surface area contributed by atoms with E-state index in [1.54, 1.807) is 11.4 Å². The Balaban J connectivity index is 2.48. The second-order valence-corrected chi connectivity index (χ2v) is 7.05. The Hall–Kier alpha value is -0.130. The molecule has 0 atom stereocenters. The molecule has 0 amide bonds. The Morgan fingerprint density at radius 1 is 1.18 bits per heavy atom. The van der Waals surface area contributed by atoms with Gasteiger partial charge in [0.25, 0.3) is 0 Å². The molecular formula is C12H26N2O2S. The Bertz CT molecular complexity index is 308. The molecule has 0 aliphatic carbocycles. The molecule has 1 aliphatic rings. The third-order valence-electron chi connectivity index (χ3n) is 3.51. The molecule has 5 heteroatoms. The van der Waals surface area contributed by atoms with E-state index >= 15 is 0 Å². The second kappa shape index (κ2) is 6.71. The molecule has 0 aromatic rings. The van der Waals surface area contributed by atoms with E-state index in [0.717, 1.165) is 32.5 Å². The standard InChI is InChI=1S/C12H26N2O2S/c1-4-8-14-9-6-12(7-10-14)13(3)17(15,16)11-5-2/h12H,4-11H2,1-3H3. The summed E-state index contributed by atoms with van der Waals surface area (Å²) < 4.78 is 25.5. The first kappa shape index (κ1) is 14.9.